The minimum Gasteiger partial charge on any atom is -0.389 e. The average molecular weight is 239 g/mol. The largest absolute Gasteiger partial charge is 0.389 e. The number of ether oxygens (including phenoxy) is 1. The molecule has 0 bridgehead atoms. The lowest BCUT2D eigenvalue weighted by Gasteiger charge is -2.36. The Bertz CT molecular complexity index is 267. The number of β-amino-alcohol motifs (C(OH)–C–C–N with tert-alkyl or cyclic N) is 1. The predicted octanol–water partition coefficient (Wildman–Crippen LogP) is 1.79. The summed E-state index contributed by atoms with van der Waals surface area (Å²) < 4.78 is 5.56. The summed E-state index contributed by atoms with van der Waals surface area (Å²) in [6.07, 6.45) is 8.22. The van der Waals surface area contributed by atoms with Crippen molar-refractivity contribution in [3.8, 4) is 0 Å². The van der Waals surface area contributed by atoms with E-state index in [1.54, 1.807) is 0 Å². The van der Waals surface area contributed by atoms with Gasteiger partial charge in [-0.05, 0) is 32.2 Å². The standard InChI is InChI=1S/C14H25NO2/c16-14(4-2-1-3-5-14)11-15-8-6-13(10-15)7-9-17-12-13/h16H,1-12H2. The highest BCUT2D eigenvalue weighted by Crippen LogP contribution is 2.39. The first-order valence-electron chi connectivity index (χ1n) is 7.22. The molecule has 0 amide bonds. The molecule has 1 spiro atoms. The average Bonchev–Trinajstić information content (AvgIpc) is 2.91. The number of hydrogen-bond donors (Lipinski definition) is 1. The molecule has 1 N–H and O–H groups in total. The Labute approximate surface area is 104 Å². The van der Waals surface area contributed by atoms with Crippen LogP contribution >= 0.6 is 0 Å². The number of aliphatic hydroxyl groups is 1. The maximum absolute atomic E-state index is 10.6. The molecule has 0 radical (unpaired) electrons. The van der Waals surface area contributed by atoms with Crippen LogP contribution in [-0.2, 0) is 4.74 Å². The lowest BCUT2D eigenvalue weighted by atomic mass is 9.84. The van der Waals surface area contributed by atoms with Gasteiger partial charge in [0.25, 0.3) is 0 Å². The first kappa shape index (κ1) is 11.9. The van der Waals surface area contributed by atoms with E-state index in [1.807, 2.05) is 0 Å². The Kier molecular flexibility index (Phi) is 3.18. The van der Waals surface area contributed by atoms with Gasteiger partial charge in [-0.25, -0.2) is 0 Å². The summed E-state index contributed by atoms with van der Waals surface area (Å²) in [5, 5.41) is 10.6. The molecule has 0 aromatic carbocycles. The lowest BCUT2D eigenvalue weighted by molar-refractivity contribution is -0.0236. The Hall–Kier alpha value is -0.120. The summed E-state index contributed by atoms with van der Waals surface area (Å²) in [4.78, 5) is 2.49. The van der Waals surface area contributed by atoms with E-state index in [4.69, 9.17) is 4.74 Å². The molecule has 3 rings (SSSR count). The Morgan fingerprint density at radius 2 is 1.88 bits per heavy atom. The van der Waals surface area contributed by atoms with E-state index in [1.165, 1.54) is 32.1 Å². The van der Waals surface area contributed by atoms with E-state index in [-0.39, 0.29) is 5.60 Å². The van der Waals surface area contributed by atoms with Crippen LogP contribution in [0.5, 0.6) is 0 Å². The molecule has 2 saturated heterocycles. The van der Waals surface area contributed by atoms with E-state index in [0.717, 1.165) is 45.7 Å². The Balaban J connectivity index is 1.56. The third kappa shape index (κ3) is 2.51. The molecule has 1 unspecified atom stereocenters. The van der Waals surface area contributed by atoms with Crippen molar-refractivity contribution in [2.45, 2.75) is 50.5 Å². The first-order valence-corrected chi connectivity index (χ1v) is 7.22. The predicted molar refractivity (Wildman–Crippen MR) is 67.0 cm³/mol. The summed E-state index contributed by atoms with van der Waals surface area (Å²) in [6, 6.07) is 0. The molecule has 3 aliphatic rings. The van der Waals surface area contributed by atoms with Gasteiger partial charge in [0.1, 0.15) is 0 Å². The SMILES string of the molecule is OC1(CN2CCC3(CCOC3)C2)CCCCC1. The molecular formula is C14H25NO2. The summed E-state index contributed by atoms with van der Waals surface area (Å²) in [6.45, 7) is 5.09. The second-order valence-electron chi connectivity index (χ2n) is 6.55. The van der Waals surface area contributed by atoms with Crippen molar-refractivity contribution in [2.24, 2.45) is 5.41 Å². The molecule has 1 saturated carbocycles. The van der Waals surface area contributed by atoms with Crippen LogP contribution in [0.3, 0.4) is 0 Å². The van der Waals surface area contributed by atoms with Crippen LogP contribution in [0.15, 0.2) is 0 Å². The molecule has 2 aliphatic heterocycles. The van der Waals surface area contributed by atoms with Gasteiger partial charge < -0.3 is 9.84 Å². The van der Waals surface area contributed by atoms with E-state index < -0.39 is 0 Å². The summed E-state index contributed by atoms with van der Waals surface area (Å²) >= 11 is 0. The third-order valence-corrected chi connectivity index (χ3v) is 5.00. The zero-order valence-corrected chi connectivity index (χ0v) is 10.8. The van der Waals surface area contributed by atoms with Gasteiger partial charge in [-0.3, -0.25) is 4.90 Å². The van der Waals surface area contributed by atoms with Crippen molar-refractivity contribution in [1.82, 2.24) is 4.90 Å². The zero-order chi connectivity index (χ0) is 11.8. The fraction of sp³-hybridized carbons (Fsp3) is 1.00. The van der Waals surface area contributed by atoms with Crippen molar-refractivity contribution in [1.29, 1.82) is 0 Å². The van der Waals surface area contributed by atoms with Crippen LogP contribution in [0.1, 0.15) is 44.9 Å². The fourth-order valence-corrected chi connectivity index (χ4v) is 3.92. The monoisotopic (exact) mass is 239 g/mol. The summed E-state index contributed by atoms with van der Waals surface area (Å²) in [7, 11) is 0. The second kappa shape index (κ2) is 4.52. The topological polar surface area (TPSA) is 32.7 Å². The van der Waals surface area contributed by atoms with E-state index >= 15 is 0 Å². The normalized spacial score (nSPS) is 37.9. The van der Waals surface area contributed by atoms with Crippen molar-refractivity contribution >= 4 is 0 Å². The molecule has 0 aromatic rings. The van der Waals surface area contributed by atoms with Crippen LogP contribution in [0.2, 0.25) is 0 Å². The minimum atomic E-state index is -0.386. The second-order valence-corrected chi connectivity index (χ2v) is 6.55. The Morgan fingerprint density at radius 1 is 1.06 bits per heavy atom. The van der Waals surface area contributed by atoms with Gasteiger partial charge in [0.2, 0.25) is 0 Å². The van der Waals surface area contributed by atoms with Gasteiger partial charge in [-0.1, -0.05) is 19.3 Å². The molecule has 98 valence electrons. The zero-order valence-electron chi connectivity index (χ0n) is 10.8. The first-order chi connectivity index (χ1) is 8.20. The van der Waals surface area contributed by atoms with Crippen LogP contribution in [0, 0.1) is 5.41 Å². The molecule has 3 fully saturated rings. The van der Waals surface area contributed by atoms with Gasteiger partial charge in [0.05, 0.1) is 12.2 Å². The van der Waals surface area contributed by atoms with Gasteiger partial charge in [-0.15, -0.1) is 0 Å². The van der Waals surface area contributed by atoms with Gasteiger partial charge in [-0.2, -0.15) is 0 Å². The molecule has 3 heteroatoms. The highest BCUT2D eigenvalue weighted by atomic mass is 16.5. The molecule has 0 aromatic heterocycles. The van der Waals surface area contributed by atoms with E-state index in [9.17, 15) is 5.11 Å². The number of hydrogen-bond acceptors (Lipinski definition) is 3. The number of likely N-dealkylation sites (tertiary alicyclic amines) is 1. The van der Waals surface area contributed by atoms with Gasteiger partial charge in [0.15, 0.2) is 0 Å². The quantitative estimate of drug-likeness (QED) is 0.797. The molecular weight excluding hydrogens is 214 g/mol. The highest BCUT2D eigenvalue weighted by molar-refractivity contribution is 4.95. The summed E-state index contributed by atoms with van der Waals surface area (Å²) in [5.74, 6) is 0. The molecule has 1 aliphatic carbocycles. The van der Waals surface area contributed by atoms with Crippen LogP contribution in [0.25, 0.3) is 0 Å². The highest BCUT2D eigenvalue weighted by Gasteiger charge is 2.43. The van der Waals surface area contributed by atoms with Gasteiger partial charge in [0, 0.05) is 25.1 Å². The minimum absolute atomic E-state index is 0.386. The third-order valence-electron chi connectivity index (χ3n) is 5.00. The maximum Gasteiger partial charge on any atom is 0.0774 e. The van der Waals surface area contributed by atoms with E-state index in [0.29, 0.717) is 5.41 Å². The maximum atomic E-state index is 10.6. The molecule has 2 heterocycles. The lowest BCUT2D eigenvalue weighted by Crippen LogP contribution is -2.44. The van der Waals surface area contributed by atoms with Crippen LogP contribution < -0.4 is 0 Å². The van der Waals surface area contributed by atoms with Crippen molar-refractivity contribution in [3.63, 3.8) is 0 Å². The van der Waals surface area contributed by atoms with Crippen molar-refractivity contribution in [2.75, 3.05) is 32.8 Å². The van der Waals surface area contributed by atoms with Crippen LogP contribution in [-0.4, -0.2) is 48.5 Å². The van der Waals surface area contributed by atoms with Crippen LogP contribution in [0.4, 0.5) is 0 Å². The Morgan fingerprint density at radius 3 is 2.59 bits per heavy atom. The number of rotatable bonds is 2. The number of nitrogens with zero attached hydrogens (tertiary/aromatic N) is 1. The summed E-state index contributed by atoms with van der Waals surface area (Å²) in [5.41, 5.74) is 0.0499. The van der Waals surface area contributed by atoms with Crippen molar-refractivity contribution in [3.05, 3.63) is 0 Å². The van der Waals surface area contributed by atoms with Gasteiger partial charge >= 0.3 is 0 Å². The fourth-order valence-electron chi connectivity index (χ4n) is 3.92. The van der Waals surface area contributed by atoms with Crippen molar-refractivity contribution < 1.29 is 9.84 Å². The molecule has 1 atom stereocenters. The molecule has 3 nitrogen and oxygen atoms in total. The molecule has 17 heavy (non-hydrogen) atoms. The smallest absolute Gasteiger partial charge is 0.0774 e. The van der Waals surface area contributed by atoms with E-state index in [2.05, 4.69) is 4.90 Å².